The summed E-state index contributed by atoms with van der Waals surface area (Å²) < 4.78 is 6.55. The summed E-state index contributed by atoms with van der Waals surface area (Å²) in [5.41, 5.74) is 1.22. The number of benzene rings is 1. The number of fused-ring (bicyclic) bond motifs is 1. The molecular formula is C18H26ClNO. The zero-order valence-electron chi connectivity index (χ0n) is 13.3. The van der Waals surface area contributed by atoms with E-state index in [9.17, 15) is 0 Å². The fraction of sp³-hybridized carbons (Fsp3) is 0.667. The third kappa shape index (κ3) is 2.80. The molecule has 1 N–H and O–H groups in total. The molecule has 1 aromatic rings. The molecule has 0 aromatic heterocycles. The van der Waals surface area contributed by atoms with E-state index < -0.39 is 0 Å². The van der Waals surface area contributed by atoms with Gasteiger partial charge in [-0.1, -0.05) is 32.4 Å². The Kier molecular flexibility index (Phi) is 4.20. The number of hydrogen-bond acceptors (Lipinski definition) is 2. The van der Waals surface area contributed by atoms with E-state index in [0.29, 0.717) is 12.0 Å². The van der Waals surface area contributed by atoms with Crippen LogP contribution < -0.4 is 10.1 Å². The largest absolute Gasteiger partial charge is 0.487 e. The first-order valence-electron chi connectivity index (χ1n) is 8.26. The Morgan fingerprint density at radius 1 is 1.38 bits per heavy atom. The van der Waals surface area contributed by atoms with Crippen molar-refractivity contribution in [2.24, 2.45) is 11.8 Å². The fourth-order valence-corrected chi connectivity index (χ4v) is 4.34. The highest BCUT2D eigenvalue weighted by Gasteiger charge is 2.47. The maximum atomic E-state index is 6.55. The van der Waals surface area contributed by atoms with E-state index >= 15 is 0 Å². The van der Waals surface area contributed by atoms with Crippen molar-refractivity contribution in [2.75, 3.05) is 6.54 Å². The summed E-state index contributed by atoms with van der Waals surface area (Å²) in [5, 5.41) is 4.43. The Bertz CT molecular complexity index is 518. The molecule has 1 fully saturated rings. The van der Waals surface area contributed by atoms with Crippen LogP contribution in [-0.4, -0.2) is 12.1 Å². The highest BCUT2D eigenvalue weighted by Crippen LogP contribution is 2.50. The molecule has 3 rings (SSSR count). The van der Waals surface area contributed by atoms with Gasteiger partial charge in [-0.25, -0.2) is 0 Å². The number of halogens is 1. The third-order valence-electron chi connectivity index (χ3n) is 5.37. The second-order valence-electron chi connectivity index (χ2n) is 6.94. The van der Waals surface area contributed by atoms with E-state index in [2.05, 4.69) is 32.2 Å². The number of nitrogens with one attached hydrogen (secondary N) is 1. The first-order chi connectivity index (χ1) is 10.0. The SMILES string of the molecule is CCNC1CC2(CCC(C)CC2C)Oc2ccc(Cl)cc21. The predicted molar refractivity (Wildman–Crippen MR) is 88.0 cm³/mol. The minimum absolute atomic E-state index is 0.000175. The molecule has 2 aliphatic rings. The lowest BCUT2D eigenvalue weighted by Gasteiger charge is -2.49. The van der Waals surface area contributed by atoms with Gasteiger partial charge >= 0.3 is 0 Å². The van der Waals surface area contributed by atoms with Crippen LogP contribution >= 0.6 is 11.6 Å². The Morgan fingerprint density at radius 3 is 2.90 bits per heavy atom. The van der Waals surface area contributed by atoms with Gasteiger partial charge in [0.25, 0.3) is 0 Å². The molecule has 3 heteroatoms. The lowest BCUT2D eigenvalue weighted by atomic mass is 9.68. The highest BCUT2D eigenvalue weighted by atomic mass is 35.5. The van der Waals surface area contributed by atoms with Crippen LogP contribution in [0.25, 0.3) is 0 Å². The van der Waals surface area contributed by atoms with Gasteiger partial charge in [-0.3, -0.25) is 0 Å². The molecule has 0 amide bonds. The molecular weight excluding hydrogens is 282 g/mol. The smallest absolute Gasteiger partial charge is 0.125 e. The van der Waals surface area contributed by atoms with Gasteiger partial charge in [0.05, 0.1) is 0 Å². The Labute approximate surface area is 133 Å². The molecule has 1 heterocycles. The molecule has 1 saturated carbocycles. The number of hydrogen-bond donors (Lipinski definition) is 1. The predicted octanol–water partition coefficient (Wildman–Crippen LogP) is 4.97. The Morgan fingerprint density at radius 2 is 2.19 bits per heavy atom. The van der Waals surface area contributed by atoms with Crippen LogP contribution in [0, 0.1) is 11.8 Å². The number of ether oxygens (including phenoxy) is 1. The van der Waals surface area contributed by atoms with E-state index in [4.69, 9.17) is 16.3 Å². The zero-order valence-corrected chi connectivity index (χ0v) is 14.0. The van der Waals surface area contributed by atoms with E-state index in [-0.39, 0.29) is 5.60 Å². The third-order valence-corrected chi connectivity index (χ3v) is 5.61. The van der Waals surface area contributed by atoms with Gasteiger partial charge in [0, 0.05) is 23.0 Å². The Balaban J connectivity index is 1.95. The topological polar surface area (TPSA) is 21.3 Å². The standard InChI is InChI=1S/C18H26ClNO/c1-4-20-16-11-18(8-7-12(2)9-13(18)3)21-17-6-5-14(19)10-15(16)17/h5-6,10,12-13,16,20H,4,7-9,11H2,1-3H3. The van der Waals surface area contributed by atoms with Crippen molar-refractivity contribution in [3.8, 4) is 5.75 Å². The van der Waals surface area contributed by atoms with Gasteiger partial charge in [-0.15, -0.1) is 0 Å². The summed E-state index contributed by atoms with van der Waals surface area (Å²) in [5.74, 6) is 2.45. The summed E-state index contributed by atoms with van der Waals surface area (Å²) >= 11 is 6.18. The molecule has 1 spiro atoms. The molecule has 0 bridgehead atoms. The molecule has 1 aliphatic heterocycles. The van der Waals surface area contributed by atoms with Crippen molar-refractivity contribution in [1.82, 2.24) is 5.32 Å². The average molecular weight is 308 g/mol. The van der Waals surface area contributed by atoms with E-state index in [1.54, 1.807) is 0 Å². The van der Waals surface area contributed by atoms with E-state index in [1.807, 2.05) is 12.1 Å². The normalized spacial score (nSPS) is 35.3. The molecule has 4 unspecified atom stereocenters. The highest BCUT2D eigenvalue weighted by molar-refractivity contribution is 6.30. The summed E-state index contributed by atoms with van der Waals surface area (Å²) in [6.07, 6.45) is 4.76. The second-order valence-corrected chi connectivity index (χ2v) is 7.38. The second kappa shape index (κ2) is 5.81. The van der Waals surface area contributed by atoms with Gasteiger partial charge in [-0.2, -0.15) is 0 Å². The van der Waals surface area contributed by atoms with E-state index in [1.165, 1.54) is 24.8 Å². The molecule has 2 nitrogen and oxygen atoms in total. The van der Waals surface area contributed by atoms with Gasteiger partial charge in [0.1, 0.15) is 11.4 Å². The monoisotopic (exact) mass is 307 g/mol. The molecule has 0 radical (unpaired) electrons. The summed E-state index contributed by atoms with van der Waals surface area (Å²) in [6.45, 7) is 7.86. The van der Waals surface area contributed by atoms with E-state index in [0.717, 1.165) is 29.7 Å². The maximum Gasteiger partial charge on any atom is 0.125 e. The first kappa shape index (κ1) is 15.2. The van der Waals surface area contributed by atoms with Crippen LogP contribution in [0.4, 0.5) is 0 Å². The minimum atomic E-state index is 0.000175. The molecule has 21 heavy (non-hydrogen) atoms. The van der Waals surface area contributed by atoms with Gasteiger partial charge in [0.15, 0.2) is 0 Å². The molecule has 1 aliphatic carbocycles. The van der Waals surface area contributed by atoms with Crippen LogP contribution in [-0.2, 0) is 0 Å². The van der Waals surface area contributed by atoms with Crippen molar-refractivity contribution < 1.29 is 4.74 Å². The van der Waals surface area contributed by atoms with Crippen molar-refractivity contribution in [1.29, 1.82) is 0 Å². The van der Waals surface area contributed by atoms with Crippen molar-refractivity contribution in [3.63, 3.8) is 0 Å². The van der Waals surface area contributed by atoms with Gasteiger partial charge in [-0.05, 0) is 55.8 Å². The quantitative estimate of drug-likeness (QED) is 0.833. The summed E-state index contributed by atoms with van der Waals surface area (Å²) in [4.78, 5) is 0. The van der Waals surface area contributed by atoms with Gasteiger partial charge < -0.3 is 10.1 Å². The average Bonchev–Trinajstić information content (AvgIpc) is 2.45. The molecule has 4 atom stereocenters. The van der Waals surface area contributed by atoms with Crippen molar-refractivity contribution >= 4 is 11.6 Å². The Hall–Kier alpha value is -0.730. The van der Waals surface area contributed by atoms with Crippen molar-refractivity contribution in [3.05, 3.63) is 28.8 Å². The molecule has 116 valence electrons. The van der Waals surface area contributed by atoms with Gasteiger partial charge in [0.2, 0.25) is 0 Å². The van der Waals surface area contributed by atoms with Crippen LogP contribution in [0.15, 0.2) is 18.2 Å². The first-order valence-corrected chi connectivity index (χ1v) is 8.63. The minimum Gasteiger partial charge on any atom is -0.487 e. The maximum absolute atomic E-state index is 6.55. The zero-order chi connectivity index (χ0) is 15.0. The number of rotatable bonds is 2. The van der Waals surface area contributed by atoms with Crippen LogP contribution in [0.5, 0.6) is 5.75 Å². The van der Waals surface area contributed by atoms with Crippen LogP contribution in [0.3, 0.4) is 0 Å². The fourth-order valence-electron chi connectivity index (χ4n) is 4.16. The summed E-state index contributed by atoms with van der Waals surface area (Å²) in [7, 11) is 0. The van der Waals surface area contributed by atoms with Crippen molar-refractivity contribution in [2.45, 2.75) is 58.1 Å². The molecule has 0 saturated heterocycles. The summed E-state index contributed by atoms with van der Waals surface area (Å²) in [6, 6.07) is 6.41. The van der Waals surface area contributed by atoms with Crippen LogP contribution in [0.2, 0.25) is 5.02 Å². The lowest BCUT2D eigenvalue weighted by molar-refractivity contribution is -0.0551. The lowest BCUT2D eigenvalue weighted by Crippen LogP contribution is -2.51. The van der Waals surface area contributed by atoms with Crippen LogP contribution in [0.1, 0.15) is 58.1 Å². The molecule has 1 aromatic carbocycles.